The zero-order chi connectivity index (χ0) is 72.9. The number of hydrogen-bond donors (Lipinski definition) is 0. The molecular formula is C107H175BN2. The molecule has 616 valence electrons. The Kier molecular flexibility index (Phi) is 22.4. The lowest BCUT2D eigenvalue weighted by Gasteiger charge is -2.70. The third-order valence-electron chi connectivity index (χ3n) is 45.8. The van der Waals surface area contributed by atoms with Crippen LogP contribution in [0.5, 0.6) is 0 Å². The normalized spacial score (nSPS) is 52.6. The van der Waals surface area contributed by atoms with Crippen molar-refractivity contribution in [1.82, 2.24) is 9.80 Å². The smallest absolute Gasteiger partial charge is 0.156 e. The van der Waals surface area contributed by atoms with Gasteiger partial charge in [-0.3, -0.25) is 9.80 Å². The Bertz CT molecular complexity index is 2730. The standard InChI is InChI=1S/C107H175BN2/c1-107(2,3)77-52-48-67(49-53-77)60-68-61-100-106-101(62-68)110(66-95-80(71-28-12-6-13-29-71)38-21-39-81(95)72-30-14-7-15-31-72)99-64-76(83-55-57-93-89-43-19-35-74-33-17-41-87(103(74)89)91-47-23-45-85(83)105(91)93)51-59-97(99)108(106)96-58-50-75(82-54-56-92-88-42-18-34-73-32-16-40-86(102(73)88)90-46-22-44-84(82)104(90)92)63-98(96)109(100)65-94-78(69-24-8-4-9-25-69)36-20-37-79(94)70-26-10-5-11-27-70/h67-106H,4-66H2,1-3H3/t67?,68?,73?,74?,75?,76?,77?,78-,79?,80?,81?,82?,83+,84?,85?,86?,87?,88?,89?,90-,91?,92+,93?,94?,95?,96?,97+,98+,99?,100?,101?,102?,103?,104?,105+,106?/m1/s1. The van der Waals surface area contributed by atoms with Crippen LogP contribution in [0.3, 0.4) is 0 Å². The van der Waals surface area contributed by atoms with Crippen molar-refractivity contribution < 1.29 is 0 Å². The molecule has 0 aromatic heterocycles. The number of rotatable bonds is 12. The van der Waals surface area contributed by atoms with E-state index in [9.17, 15) is 0 Å². The highest BCUT2D eigenvalue weighted by atomic mass is 15.3. The second-order valence-electron chi connectivity index (χ2n) is 49.9. The van der Waals surface area contributed by atoms with Gasteiger partial charge in [0.1, 0.15) is 0 Å². The molecule has 22 fully saturated rings. The Labute approximate surface area is 680 Å². The van der Waals surface area contributed by atoms with Gasteiger partial charge in [0.2, 0.25) is 0 Å². The number of nitrogens with zero attached hydrogens (tertiary/aromatic N) is 2. The maximum Gasteiger partial charge on any atom is 0.156 e. The van der Waals surface area contributed by atoms with E-state index in [1.165, 1.54) is 12.8 Å². The summed E-state index contributed by atoms with van der Waals surface area (Å²) in [6.45, 7) is 12.1. The molecule has 0 bridgehead atoms. The summed E-state index contributed by atoms with van der Waals surface area (Å²) in [6.07, 6.45) is 98.4. The Hall–Kier alpha value is -0.0151. The monoisotopic (exact) mass is 1500 g/mol. The quantitative estimate of drug-likeness (QED) is 0.180. The lowest BCUT2D eigenvalue weighted by molar-refractivity contribution is -0.159. The molecular weight excluding hydrogens is 1320 g/mol. The molecule has 20 aliphatic carbocycles. The minimum atomic E-state index is 0.470. The fraction of sp³-hybridized carbons (Fsp3) is 1.00. The van der Waals surface area contributed by atoms with Gasteiger partial charge in [0, 0.05) is 37.3 Å². The molecule has 0 aromatic rings. The van der Waals surface area contributed by atoms with Gasteiger partial charge in [-0.15, -0.1) is 0 Å². The first-order valence-corrected chi connectivity index (χ1v) is 53.7. The van der Waals surface area contributed by atoms with E-state index in [0.717, 1.165) is 244 Å². The molecule has 2 saturated heterocycles. The van der Waals surface area contributed by atoms with Gasteiger partial charge in [0.05, 0.1) is 0 Å². The molecule has 22 aliphatic rings. The number of hydrogen-bond acceptors (Lipinski definition) is 2. The highest BCUT2D eigenvalue weighted by Gasteiger charge is 2.69. The number of fused-ring (bicyclic) bond motifs is 8. The fourth-order valence-corrected chi connectivity index (χ4v) is 42.5. The van der Waals surface area contributed by atoms with Gasteiger partial charge in [-0.1, -0.05) is 265 Å². The fourth-order valence-electron chi connectivity index (χ4n) is 42.5. The van der Waals surface area contributed by atoms with Crippen LogP contribution in [0.2, 0.25) is 17.5 Å². The largest absolute Gasteiger partial charge is 0.298 e. The van der Waals surface area contributed by atoms with Gasteiger partial charge >= 0.3 is 0 Å². The van der Waals surface area contributed by atoms with Crippen LogP contribution in [-0.2, 0) is 0 Å². The van der Waals surface area contributed by atoms with Crippen molar-refractivity contribution in [3.8, 4) is 0 Å². The lowest BCUT2D eigenvalue weighted by atomic mass is 9.18. The first-order chi connectivity index (χ1) is 54.2. The zero-order valence-corrected chi connectivity index (χ0v) is 72.6. The summed E-state index contributed by atoms with van der Waals surface area (Å²) in [7, 11) is 0. The molecule has 26 unspecified atom stereocenters. The minimum absolute atomic E-state index is 0.470. The van der Waals surface area contributed by atoms with E-state index in [-0.39, 0.29) is 0 Å². The van der Waals surface area contributed by atoms with E-state index in [4.69, 9.17) is 0 Å². The molecule has 0 N–H and O–H groups in total. The van der Waals surface area contributed by atoms with Gasteiger partial charge in [-0.05, 0) is 366 Å². The molecule has 2 heterocycles. The Morgan fingerprint density at radius 1 is 0.227 bits per heavy atom. The first-order valence-electron chi connectivity index (χ1n) is 53.7. The van der Waals surface area contributed by atoms with Crippen molar-refractivity contribution >= 4 is 6.71 Å². The average molecular weight is 1500 g/mol. The van der Waals surface area contributed by atoms with Crippen molar-refractivity contribution in [3.63, 3.8) is 0 Å². The molecule has 0 amide bonds. The second-order valence-corrected chi connectivity index (χ2v) is 49.9. The van der Waals surface area contributed by atoms with Crippen molar-refractivity contribution in [1.29, 1.82) is 0 Å². The Morgan fingerprint density at radius 3 is 0.882 bits per heavy atom. The maximum absolute atomic E-state index is 3.90. The van der Waals surface area contributed by atoms with E-state index in [1.54, 1.807) is 392 Å². The van der Waals surface area contributed by atoms with Gasteiger partial charge in [0.25, 0.3) is 0 Å². The van der Waals surface area contributed by atoms with Crippen LogP contribution in [0.4, 0.5) is 0 Å². The Balaban J connectivity index is 0.668. The van der Waals surface area contributed by atoms with Crippen molar-refractivity contribution in [2.75, 3.05) is 13.1 Å². The molecule has 33 atom stereocenters. The van der Waals surface area contributed by atoms with Gasteiger partial charge < -0.3 is 0 Å². The van der Waals surface area contributed by atoms with Crippen LogP contribution in [0, 0.1) is 201 Å². The van der Waals surface area contributed by atoms with Crippen LogP contribution < -0.4 is 0 Å². The summed E-state index contributed by atoms with van der Waals surface area (Å²) >= 11 is 0. The van der Waals surface area contributed by atoms with Crippen molar-refractivity contribution in [2.24, 2.45) is 201 Å². The summed E-state index contributed by atoms with van der Waals surface area (Å²) in [5, 5.41) is 0. The molecule has 0 aromatic carbocycles. The molecule has 0 spiro atoms. The summed E-state index contributed by atoms with van der Waals surface area (Å²) < 4.78 is 0. The third-order valence-corrected chi connectivity index (χ3v) is 45.8. The molecule has 22 rings (SSSR count). The lowest BCUT2D eigenvalue weighted by Crippen LogP contribution is -2.73. The molecule has 110 heavy (non-hydrogen) atoms. The van der Waals surface area contributed by atoms with E-state index in [2.05, 4.69) is 30.6 Å². The van der Waals surface area contributed by atoms with Crippen LogP contribution in [-0.4, -0.2) is 53.8 Å². The van der Waals surface area contributed by atoms with Gasteiger partial charge in [-0.2, -0.15) is 0 Å². The SMILES string of the molecule is CC(C)(C)C1CCC(CC2CC3C4B(C5CCC(C6CC[C@H]7C8CCCC9CCCC(C98)[C@H]8CCCC6C87)C[C@@H]5N(CC5C(C6CCCCC6)CCC[C@@H]5C5CCCCC5)C4C2)[C@H]2CCC([C@@H]4CCC5C6CCCC7CCCC(C76)C6CCCC4[C@@H]65)CC2N3CC2C(C3CCCCC3)CCCC2C2CCCCC2)CC1. The highest BCUT2D eigenvalue weighted by molar-refractivity contribution is 6.65. The minimum Gasteiger partial charge on any atom is -0.298 e. The molecule has 2 aliphatic heterocycles. The Morgan fingerprint density at radius 2 is 0.527 bits per heavy atom. The van der Waals surface area contributed by atoms with Gasteiger partial charge in [-0.25, -0.2) is 0 Å². The summed E-state index contributed by atoms with van der Waals surface area (Å²) in [6, 6.07) is 3.52. The van der Waals surface area contributed by atoms with E-state index >= 15 is 0 Å². The van der Waals surface area contributed by atoms with E-state index in [0.29, 0.717) is 5.41 Å². The zero-order valence-electron chi connectivity index (χ0n) is 72.6. The average Bonchev–Trinajstić information content (AvgIpc) is 0.702. The molecule has 0 radical (unpaired) electrons. The van der Waals surface area contributed by atoms with Crippen molar-refractivity contribution in [2.45, 2.75) is 454 Å². The van der Waals surface area contributed by atoms with Crippen molar-refractivity contribution in [3.05, 3.63) is 0 Å². The maximum atomic E-state index is 3.90. The topological polar surface area (TPSA) is 6.48 Å². The van der Waals surface area contributed by atoms with E-state index in [1.807, 2.05) is 0 Å². The molecule has 2 nitrogen and oxygen atoms in total. The van der Waals surface area contributed by atoms with Crippen LogP contribution in [0.25, 0.3) is 0 Å². The summed E-state index contributed by atoms with van der Waals surface area (Å²) in [5.74, 6) is 38.2. The highest BCUT2D eigenvalue weighted by Crippen LogP contribution is 2.72. The van der Waals surface area contributed by atoms with Crippen LogP contribution in [0.1, 0.15) is 412 Å². The third kappa shape index (κ3) is 13.7. The molecule has 20 saturated carbocycles. The van der Waals surface area contributed by atoms with E-state index < -0.39 is 0 Å². The predicted molar refractivity (Wildman–Crippen MR) is 462 cm³/mol. The summed E-state index contributed by atoms with van der Waals surface area (Å²) in [4.78, 5) is 7.79. The molecule has 3 heteroatoms. The predicted octanol–water partition coefficient (Wildman–Crippen LogP) is 29.1. The summed E-state index contributed by atoms with van der Waals surface area (Å²) in [5.41, 5.74) is 0.470. The van der Waals surface area contributed by atoms with Crippen LogP contribution >= 0.6 is 0 Å². The van der Waals surface area contributed by atoms with Gasteiger partial charge in [0.15, 0.2) is 6.71 Å². The van der Waals surface area contributed by atoms with Crippen LogP contribution in [0.15, 0.2) is 0 Å². The first kappa shape index (κ1) is 76.1. The second kappa shape index (κ2) is 32.4.